The lowest BCUT2D eigenvalue weighted by Crippen LogP contribution is -2.25. The Hall–Kier alpha value is -3.02. The second-order valence-electron chi connectivity index (χ2n) is 6.53. The molecule has 0 saturated carbocycles. The van der Waals surface area contributed by atoms with Crippen LogP contribution in [-0.2, 0) is 30.5 Å². The summed E-state index contributed by atoms with van der Waals surface area (Å²) in [7, 11) is 4.17. The quantitative estimate of drug-likeness (QED) is 0.456. The Morgan fingerprint density at radius 3 is 1.90 bits per heavy atom. The third-order valence-corrected chi connectivity index (χ3v) is 3.74. The fourth-order valence-corrected chi connectivity index (χ4v) is 2.32. The van der Waals surface area contributed by atoms with Crippen molar-refractivity contribution in [3.8, 4) is 0 Å². The molecule has 1 aliphatic rings. The number of carboxylic acid groups (broad SMARTS) is 4. The molecule has 1 fully saturated rings. The minimum atomic E-state index is -1.82. The van der Waals surface area contributed by atoms with E-state index in [1.165, 1.54) is 12.0 Å². The summed E-state index contributed by atoms with van der Waals surface area (Å²) in [6.45, 7) is 5.13. The van der Waals surface area contributed by atoms with E-state index in [2.05, 4.69) is 54.2 Å². The smallest absolute Gasteiger partial charge is 0.414 e. The molecular formula is C19H28N2O9. The normalized spacial score (nSPS) is 15.4. The predicted octanol–water partition coefficient (Wildman–Crippen LogP) is 0.150. The molecule has 11 heteroatoms. The number of carbonyl (C=O) groups is 4. The van der Waals surface area contributed by atoms with Gasteiger partial charge in [-0.2, -0.15) is 0 Å². The topological polar surface area (TPSA) is 165 Å². The number of aliphatic carboxylic acids is 4. The molecule has 0 spiro atoms. The average molecular weight is 428 g/mol. The molecule has 1 unspecified atom stereocenters. The number of ether oxygens (including phenoxy) is 1. The molecule has 0 bridgehead atoms. The van der Waals surface area contributed by atoms with Crippen LogP contribution in [0.25, 0.3) is 0 Å². The van der Waals surface area contributed by atoms with Gasteiger partial charge >= 0.3 is 23.9 Å². The molecule has 1 saturated heterocycles. The molecule has 1 aromatic carbocycles. The number of hydrogen-bond donors (Lipinski definition) is 4. The number of benzene rings is 1. The lowest BCUT2D eigenvalue weighted by atomic mass is 10.2. The van der Waals surface area contributed by atoms with Gasteiger partial charge in [-0.25, -0.2) is 19.2 Å². The van der Waals surface area contributed by atoms with E-state index in [1.54, 1.807) is 0 Å². The minimum Gasteiger partial charge on any atom is -0.473 e. The molecule has 11 nitrogen and oxygen atoms in total. The van der Waals surface area contributed by atoms with Gasteiger partial charge in [0.25, 0.3) is 0 Å². The SMILES string of the molecule is CN(C)CCOC1CCN(Cc2ccccc2)C1.O=C(O)C(=O)O.O=C(O)C(=O)O. The standard InChI is InChI=1S/C15H24N2O.2C2H2O4/c1-16(2)10-11-18-15-8-9-17(13-15)12-14-6-4-3-5-7-14;2*3-1(4)2(5)6/h3-7,15H,8-13H2,1-2H3;2*(H,3,4)(H,5,6). The highest BCUT2D eigenvalue weighted by Crippen LogP contribution is 2.15. The van der Waals surface area contributed by atoms with E-state index < -0.39 is 23.9 Å². The van der Waals surface area contributed by atoms with Crippen LogP contribution in [0.15, 0.2) is 30.3 Å². The summed E-state index contributed by atoms with van der Waals surface area (Å²) >= 11 is 0. The molecule has 0 amide bonds. The average Bonchev–Trinajstić information content (AvgIpc) is 3.10. The van der Waals surface area contributed by atoms with E-state index in [9.17, 15) is 0 Å². The molecule has 30 heavy (non-hydrogen) atoms. The van der Waals surface area contributed by atoms with Gasteiger partial charge < -0.3 is 30.1 Å². The van der Waals surface area contributed by atoms with Crippen LogP contribution >= 0.6 is 0 Å². The predicted molar refractivity (Wildman–Crippen MR) is 105 cm³/mol. The molecular weight excluding hydrogens is 400 g/mol. The minimum absolute atomic E-state index is 0.425. The van der Waals surface area contributed by atoms with Crippen molar-refractivity contribution in [3.05, 3.63) is 35.9 Å². The molecule has 1 aromatic rings. The van der Waals surface area contributed by atoms with E-state index in [0.29, 0.717) is 6.10 Å². The highest BCUT2D eigenvalue weighted by Gasteiger charge is 2.22. The monoisotopic (exact) mass is 428 g/mol. The van der Waals surface area contributed by atoms with Crippen molar-refractivity contribution in [3.63, 3.8) is 0 Å². The zero-order chi connectivity index (χ0) is 23.1. The summed E-state index contributed by atoms with van der Waals surface area (Å²) in [6, 6.07) is 10.7. The fourth-order valence-electron chi connectivity index (χ4n) is 2.32. The zero-order valence-corrected chi connectivity index (χ0v) is 16.9. The Bertz CT molecular complexity index is 632. The third kappa shape index (κ3) is 14.0. The molecule has 0 aromatic heterocycles. The van der Waals surface area contributed by atoms with Crippen molar-refractivity contribution < 1.29 is 44.3 Å². The van der Waals surface area contributed by atoms with Crippen molar-refractivity contribution >= 4 is 23.9 Å². The summed E-state index contributed by atoms with van der Waals surface area (Å²) in [5.41, 5.74) is 1.39. The van der Waals surface area contributed by atoms with Crippen LogP contribution in [0.4, 0.5) is 0 Å². The van der Waals surface area contributed by atoms with Gasteiger partial charge in [0, 0.05) is 26.2 Å². The lowest BCUT2D eigenvalue weighted by Gasteiger charge is -2.17. The Balaban J connectivity index is 0.000000580. The number of hydrogen-bond acceptors (Lipinski definition) is 7. The van der Waals surface area contributed by atoms with E-state index >= 15 is 0 Å². The Morgan fingerprint density at radius 2 is 1.47 bits per heavy atom. The third-order valence-electron chi connectivity index (χ3n) is 3.74. The second-order valence-corrected chi connectivity index (χ2v) is 6.53. The number of likely N-dealkylation sites (N-methyl/N-ethyl adjacent to an activating group) is 1. The molecule has 1 heterocycles. The molecule has 2 rings (SSSR count). The summed E-state index contributed by atoms with van der Waals surface area (Å²) in [4.78, 5) is 41.0. The second kappa shape index (κ2) is 14.9. The van der Waals surface area contributed by atoms with Gasteiger partial charge in [0.1, 0.15) is 0 Å². The highest BCUT2D eigenvalue weighted by atomic mass is 16.5. The van der Waals surface area contributed by atoms with Gasteiger partial charge in [-0.15, -0.1) is 0 Å². The molecule has 1 aliphatic heterocycles. The van der Waals surface area contributed by atoms with Crippen LogP contribution in [0.3, 0.4) is 0 Å². The Labute approximate surface area is 174 Å². The van der Waals surface area contributed by atoms with Crippen molar-refractivity contribution in [1.82, 2.24) is 9.80 Å². The van der Waals surface area contributed by atoms with Crippen LogP contribution in [0.1, 0.15) is 12.0 Å². The van der Waals surface area contributed by atoms with Gasteiger partial charge in [0.2, 0.25) is 0 Å². The van der Waals surface area contributed by atoms with E-state index in [-0.39, 0.29) is 0 Å². The number of nitrogens with zero attached hydrogens (tertiary/aromatic N) is 2. The van der Waals surface area contributed by atoms with Gasteiger partial charge in [-0.1, -0.05) is 30.3 Å². The van der Waals surface area contributed by atoms with E-state index in [4.69, 9.17) is 44.3 Å². The van der Waals surface area contributed by atoms with E-state index in [1.807, 2.05) is 0 Å². The van der Waals surface area contributed by atoms with Crippen LogP contribution < -0.4 is 0 Å². The summed E-state index contributed by atoms with van der Waals surface area (Å²) < 4.78 is 5.90. The zero-order valence-electron chi connectivity index (χ0n) is 16.9. The Morgan fingerprint density at radius 1 is 0.967 bits per heavy atom. The van der Waals surface area contributed by atoms with Gasteiger partial charge in [0.05, 0.1) is 12.7 Å². The maximum Gasteiger partial charge on any atom is 0.414 e. The molecule has 0 aliphatic carbocycles. The van der Waals surface area contributed by atoms with Crippen LogP contribution in [-0.4, -0.2) is 101 Å². The van der Waals surface area contributed by atoms with E-state index in [0.717, 1.165) is 32.8 Å². The molecule has 168 valence electrons. The maximum absolute atomic E-state index is 9.10. The van der Waals surface area contributed by atoms with Crippen molar-refractivity contribution in [2.45, 2.75) is 19.1 Å². The molecule has 4 N–H and O–H groups in total. The van der Waals surface area contributed by atoms with Gasteiger partial charge in [-0.05, 0) is 26.1 Å². The Kier molecular flexibility index (Phi) is 13.4. The fraction of sp³-hybridized carbons (Fsp3) is 0.474. The number of carboxylic acids is 4. The largest absolute Gasteiger partial charge is 0.473 e. The van der Waals surface area contributed by atoms with Crippen LogP contribution in [0, 0.1) is 0 Å². The number of rotatable bonds is 6. The van der Waals surface area contributed by atoms with Crippen molar-refractivity contribution in [1.29, 1.82) is 0 Å². The first kappa shape index (κ1) is 27.0. The highest BCUT2D eigenvalue weighted by molar-refractivity contribution is 6.27. The first-order valence-corrected chi connectivity index (χ1v) is 8.98. The first-order chi connectivity index (χ1) is 14.0. The number of likely N-dealkylation sites (tertiary alicyclic amines) is 1. The van der Waals surface area contributed by atoms with Crippen molar-refractivity contribution in [2.24, 2.45) is 0 Å². The summed E-state index contributed by atoms with van der Waals surface area (Å²) in [6.07, 6.45) is 1.59. The van der Waals surface area contributed by atoms with Gasteiger partial charge in [-0.3, -0.25) is 4.90 Å². The van der Waals surface area contributed by atoms with Crippen LogP contribution in [0.2, 0.25) is 0 Å². The first-order valence-electron chi connectivity index (χ1n) is 8.98. The van der Waals surface area contributed by atoms with Crippen molar-refractivity contribution in [2.75, 3.05) is 40.3 Å². The van der Waals surface area contributed by atoms with Gasteiger partial charge in [0.15, 0.2) is 0 Å². The summed E-state index contributed by atoms with van der Waals surface area (Å²) in [5.74, 6) is -7.30. The molecule has 1 atom stereocenters. The van der Waals surface area contributed by atoms with Crippen LogP contribution in [0.5, 0.6) is 0 Å². The lowest BCUT2D eigenvalue weighted by molar-refractivity contribution is -0.159. The summed E-state index contributed by atoms with van der Waals surface area (Å²) in [5, 5.41) is 29.6. The molecule has 0 radical (unpaired) electrons. The maximum atomic E-state index is 9.10.